The zero-order valence-corrected chi connectivity index (χ0v) is 21.4. The summed E-state index contributed by atoms with van der Waals surface area (Å²) in [6.45, 7) is 0.706. The molecule has 4 rings (SSSR count). The van der Waals surface area contributed by atoms with Crippen LogP contribution in [0.25, 0.3) is 11.2 Å². The molecule has 3 N–H and O–H groups in total. The number of ether oxygens (including phenoxy) is 4. The quantitative estimate of drug-likeness (QED) is 0.154. The van der Waals surface area contributed by atoms with Crippen molar-refractivity contribution in [2.24, 2.45) is 0 Å². The minimum atomic E-state index is -4.93. The molecule has 2 aromatic heterocycles. The number of fused-ring (bicyclic) bond motifs is 1. The molecule has 1 fully saturated rings. The fourth-order valence-electron chi connectivity index (χ4n) is 4.14. The predicted molar refractivity (Wildman–Crippen MR) is 128 cm³/mol. The predicted octanol–water partition coefficient (Wildman–Crippen LogP) is 3.23. The molecule has 1 aromatic carbocycles. The highest BCUT2D eigenvalue weighted by atomic mass is 35.5. The van der Waals surface area contributed by atoms with Gasteiger partial charge in [0.2, 0.25) is 5.28 Å². The second-order valence-electron chi connectivity index (χ2n) is 8.63. The van der Waals surface area contributed by atoms with E-state index in [0.717, 1.165) is 24.3 Å². The maximum atomic E-state index is 15.1. The molecule has 12 nitrogen and oxygen atoms in total. The van der Waals surface area contributed by atoms with Crippen molar-refractivity contribution in [3.8, 4) is 5.75 Å². The van der Waals surface area contributed by atoms with E-state index >= 15 is 4.39 Å². The van der Waals surface area contributed by atoms with E-state index in [4.69, 9.17) is 31.5 Å². The lowest BCUT2D eigenvalue weighted by Gasteiger charge is -2.28. The number of aromatic nitrogens is 4. The van der Waals surface area contributed by atoms with E-state index < -0.39 is 61.2 Å². The number of carboxylic acid groups (broad SMARTS) is 1. The first kappa shape index (κ1) is 29.2. The molecule has 0 amide bonds. The molecule has 1 aliphatic rings. The average Bonchev–Trinajstić information content (AvgIpc) is 3.44. The maximum absolute atomic E-state index is 15.1. The summed E-state index contributed by atoms with van der Waals surface area (Å²) in [4.78, 5) is 37.0. The summed E-state index contributed by atoms with van der Waals surface area (Å²) in [5.74, 6) is -3.56. The number of aliphatic carboxylic acids is 1. The van der Waals surface area contributed by atoms with Gasteiger partial charge in [-0.2, -0.15) is 9.97 Å². The Morgan fingerprint density at radius 2 is 1.95 bits per heavy atom. The smallest absolute Gasteiger partial charge is 0.479 e. The van der Waals surface area contributed by atoms with E-state index in [0.29, 0.717) is 0 Å². The average molecular weight is 592 g/mol. The summed E-state index contributed by atoms with van der Waals surface area (Å²) < 4.78 is 73.8. The minimum absolute atomic E-state index is 0.0271. The number of carboxylic acids is 1. The third kappa shape index (κ3) is 6.18. The number of carbonyl (C=O) groups excluding carboxylic acids is 1. The molecule has 3 aromatic rings. The summed E-state index contributed by atoms with van der Waals surface area (Å²) in [5.41, 5.74) is 3.56. The zero-order valence-electron chi connectivity index (χ0n) is 20.6. The number of esters is 1. The second kappa shape index (κ2) is 11.4. The third-order valence-electron chi connectivity index (χ3n) is 5.90. The monoisotopic (exact) mass is 591 g/mol. The Morgan fingerprint density at radius 1 is 1.25 bits per heavy atom. The van der Waals surface area contributed by atoms with Crippen LogP contribution in [0.1, 0.15) is 25.1 Å². The fraction of sp³-hybridized carbons (Fsp3) is 0.435. The Balaban J connectivity index is 1.53. The molecule has 0 saturated carbocycles. The van der Waals surface area contributed by atoms with Crippen LogP contribution in [0.15, 0.2) is 30.6 Å². The molecule has 0 radical (unpaired) electrons. The molecule has 4 unspecified atom stereocenters. The van der Waals surface area contributed by atoms with Gasteiger partial charge in [0.15, 0.2) is 17.7 Å². The molecule has 4 atom stereocenters. The van der Waals surface area contributed by atoms with Gasteiger partial charge in [-0.1, -0.05) is 12.1 Å². The molecule has 3 heterocycles. The van der Waals surface area contributed by atoms with Gasteiger partial charge in [-0.3, -0.25) is 4.57 Å². The molecule has 17 heteroatoms. The van der Waals surface area contributed by atoms with Gasteiger partial charge in [0.25, 0.3) is 5.60 Å². The van der Waals surface area contributed by atoms with Crippen LogP contribution in [-0.2, 0) is 30.2 Å². The number of nitrogens with two attached hydrogens (primary N) is 1. The number of alkyl halides is 4. The van der Waals surface area contributed by atoms with Gasteiger partial charge in [-0.15, -0.1) is 13.2 Å². The van der Waals surface area contributed by atoms with Crippen LogP contribution in [0, 0.1) is 0 Å². The number of hydrogen-bond acceptors (Lipinski definition) is 10. The highest BCUT2D eigenvalue weighted by Gasteiger charge is 2.51. The number of halogens is 5. The van der Waals surface area contributed by atoms with Crippen LogP contribution in [-0.4, -0.2) is 74.0 Å². The van der Waals surface area contributed by atoms with E-state index in [-0.39, 0.29) is 40.9 Å². The largest absolute Gasteiger partial charge is 0.573 e. The Bertz CT molecular complexity index is 1390. The molecule has 0 spiro atoms. The van der Waals surface area contributed by atoms with Crippen molar-refractivity contribution >= 4 is 40.5 Å². The van der Waals surface area contributed by atoms with Crippen molar-refractivity contribution in [2.75, 3.05) is 18.9 Å². The second-order valence-corrected chi connectivity index (χ2v) is 8.97. The van der Waals surface area contributed by atoms with Crippen molar-refractivity contribution in [1.29, 1.82) is 0 Å². The number of benzene rings is 1. The molecular weight excluding hydrogens is 570 g/mol. The van der Waals surface area contributed by atoms with Crippen LogP contribution in [0.5, 0.6) is 5.75 Å². The molecular formula is C23H22ClF4N5O7. The topological polar surface area (TPSA) is 161 Å². The minimum Gasteiger partial charge on any atom is -0.479 e. The van der Waals surface area contributed by atoms with Gasteiger partial charge in [0, 0.05) is 12.8 Å². The third-order valence-corrected chi connectivity index (χ3v) is 6.07. The lowest BCUT2D eigenvalue weighted by atomic mass is 9.94. The van der Waals surface area contributed by atoms with Crippen molar-refractivity contribution in [3.05, 3.63) is 41.4 Å². The van der Waals surface area contributed by atoms with E-state index in [9.17, 15) is 27.9 Å². The first-order valence-corrected chi connectivity index (χ1v) is 12.0. The Kier molecular flexibility index (Phi) is 8.32. The summed E-state index contributed by atoms with van der Waals surface area (Å²) in [6.07, 6.45) is -8.47. The normalized spacial score (nSPS) is 20.8. The highest BCUT2D eigenvalue weighted by molar-refractivity contribution is 6.28. The van der Waals surface area contributed by atoms with Gasteiger partial charge in [-0.05, 0) is 36.2 Å². The van der Waals surface area contributed by atoms with Crippen LogP contribution in [0.4, 0.5) is 23.4 Å². The van der Waals surface area contributed by atoms with Crippen LogP contribution >= 0.6 is 11.6 Å². The Labute approximate surface area is 227 Å². The number of anilines is 1. The number of imidazole rings is 1. The highest BCUT2D eigenvalue weighted by Crippen LogP contribution is 2.35. The lowest BCUT2D eigenvalue weighted by molar-refractivity contribution is -0.274. The van der Waals surface area contributed by atoms with E-state index in [1.54, 1.807) is 0 Å². The molecule has 216 valence electrons. The molecule has 1 aliphatic heterocycles. The Morgan fingerprint density at radius 3 is 2.58 bits per heavy atom. The summed E-state index contributed by atoms with van der Waals surface area (Å²) in [7, 11) is 0. The van der Waals surface area contributed by atoms with E-state index in [1.165, 1.54) is 17.8 Å². The summed E-state index contributed by atoms with van der Waals surface area (Å²) in [6, 6.07) is 4.20. The van der Waals surface area contributed by atoms with Gasteiger partial charge >= 0.3 is 18.3 Å². The van der Waals surface area contributed by atoms with Gasteiger partial charge < -0.3 is 29.8 Å². The Hall–Kier alpha value is -3.76. The number of hydrogen-bond donors (Lipinski definition) is 2. The lowest BCUT2D eigenvalue weighted by Crippen LogP contribution is -2.53. The molecule has 0 bridgehead atoms. The van der Waals surface area contributed by atoms with Crippen molar-refractivity contribution < 1.29 is 51.2 Å². The molecule has 40 heavy (non-hydrogen) atoms. The van der Waals surface area contributed by atoms with Crippen molar-refractivity contribution in [2.45, 2.75) is 50.2 Å². The number of nitrogen functional groups attached to an aromatic ring is 1. The SMILES string of the molecule is CCOC(=O)C(Cc1ccc(OC(F)(F)F)cc1)(OCC1CC(F)C(n2cnc3c(N)nc(Cl)nc32)O1)C(=O)O. The van der Waals surface area contributed by atoms with E-state index in [2.05, 4.69) is 19.7 Å². The van der Waals surface area contributed by atoms with Crippen LogP contribution in [0.3, 0.4) is 0 Å². The summed E-state index contributed by atoms with van der Waals surface area (Å²) >= 11 is 5.86. The number of rotatable bonds is 10. The maximum Gasteiger partial charge on any atom is 0.573 e. The van der Waals surface area contributed by atoms with Crippen molar-refractivity contribution in [3.63, 3.8) is 0 Å². The van der Waals surface area contributed by atoms with Gasteiger partial charge in [-0.25, -0.2) is 19.0 Å². The van der Waals surface area contributed by atoms with Crippen molar-refractivity contribution in [1.82, 2.24) is 19.5 Å². The fourth-order valence-corrected chi connectivity index (χ4v) is 4.31. The van der Waals surface area contributed by atoms with Gasteiger partial charge in [0.05, 0.1) is 25.6 Å². The van der Waals surface area contributed by atoms with E-state index in [1.807, 2.05) is 0 Å². The first-order valence-electron chi connectivity index (χ1n) is 11.7. The number of carbonyl (C=O) groups is 2. The molecule has 0 aliphatic carbocycles. The van der Waals surface area contributed by atoms with Gasteiger partial charge in [0.1, 0.15) is 17.4 Å². The summed E-state index contributed by atoms with van der Waals surface area (Å²) in [5, 5.41) is 9.83. The first-order chi connectivity index (χ1) is 18.8. The number of nitrogens with zero attached hydrogens (tertiary/aromatic N) is 4. The zero-order chi connectivity index (χ0) is 29.2. The molecule has 1 saturated heterocycles. The standard InChI is InChI=1S/C23H22ClF4N5O7/c1-2-37-20(36)22(19(34)35,8-11-3-5-12(6-4-11)40-23(26,27)28)38-9-13-7-14(25)18(39-13)33-10-30-15-16(29)31-21(24)32-17(15)33/h3-6,10,13-14,18H,2,7-9H2,1H3,(H,34,35)(H2,29,31,32). The van der Waals surface area contributed by atoms with Crippen LogP contribution < -0.4 is 10.5 Å². The van der Waals surface area contributed by atoms with Crippen LogP contribution in [0.2, 0.25) is 5.28 Å².